The summed E-state index contributed by atoms with van der Waals surface area (Å²) < 4.78 is 32.5. The fourth-order valence-electron chi connectivity index (χ4n) is 5.97. The first-order chi connectivity index (χ1) is 27.1. The maximum Gasteiger partial charge on any atom is 0.472 e. The van der Waals surface area contributed by atoms with Crippen molar-refractivity contribution in [2.75, 3.05) is 19.8 Å². The zero-order valence-corrected chi connectivity index (χ0v) is 36.1. The molecule has 56 heavy (non-hydrogen) atoms. The van der Waals surface area contributed by atoms with Crippen LogP contribution in [0, 0.1) is 0 Å². The van der Waals surface area contributed by atoms with E-state index in [1.165, 1.54) is 128 Å². The first-order valence-corrected chi connectivity index (χ1v) is 23.6. The third-order valence-corrected chi connectivity index (χ3v) is 10.4. The molecule has 0 aromatic rings. The van der Waals surface area contributed by atoms with Crippen LogP contribution in [0.2, 0.25) is 0 Å². The van der Waals surface area contributed by atoms with Crippen molar-refractivity contribution in [3.8, 4) is 0 Å². The molecule has 0 aliphatic heterocycles. The molecule has 12 heteroatoms. The van der Waals surface area contributed by atoms with Crippen molar-refractivity contribution in [3.63, 3.8) is 0 Å². The number of unbranched alkanes of at least 4 members (excludes halogenated alkanes) is 24. The van der Waals surface area contributed by atoms with E-state index in [-0.39, 0.29) is 6.42 Å². The van der Waals surface area contributed by atoms with Crippen LogP contribution >= 0.6 is 7.82 Å². The Kier molecular flexibility index (Phi) is 37.9. The predicted octanol–water partition coefficient (Wildman–Crippen LogP) is 11.6. The standard InChI is InChI=1S/C44H80NO10P/c1-3-5-7-9-11-13-15-17-19-20-22-24-26-28-30-32-34-36-43(47)55-40(38-53-56(50,51)54-39-41(45)44(48)49)37-52-42(46)35-33-31-29-27-25-23-21-18-16-14-12-10-8-6-4-2/h17,19,29,31,33,35,40-41H,3-16,18,20-28,30,32,34,36-39,45H2,1-2H3,(H,48,49)(H,50,51)/b19-17+,31-29+,35-33+/t40-,41+/m1/s1. The Morgan fingerprint density at radius 2 is 1.02 bits per heavy atom. The van der Waals surface area contributed by atoms with Crippen molar-refractivity contribution in [2.45, 2.75) is 206 Å². The van der Waals surface area contributed by atoms with Gasteiger partial charge in [0.2, 0.25) is 0 Å². The van der Waals surface area contributed by atoms with E-state index < -0.39 is 57.7 Å². The fourth-order valence-corrected chi connectivity index (χ4v) is 6.75. The average molecular weight is 814 g/mol. The van der Waals surface area contributed by atoms with Crippen LogP contribution in [0.4, 0.5) is 0 Å². The van der Waals surface area contributed by atoms with Gasteiger partial charge < -0.3 is 25.2 Å². The molecule has 0 aromatic carbocycles. The number of carbonyl (C=O) groups excluding carboxylic acids is 2. The van der Waals surface area contributed by atoms with E-state index in [0.717, 1.165) is 44.9 Å². The smallest absolute Gasteiger partial charge is 0.472 e. The zero-order chi connectivity index (χ0) is 41.4. The van der Waals surface area contributed by atoms with Crippen LogP contribution in [-0.4, -0.2) is 59.9 Å². The van der Waals surface area contributed by atoms with Gasteiger partial charge in [-0.1, -0.05) is 173 Å². The molecule has 0 amide bonds. The number of esters is 2. The number of ether oxygens (including phenoxy) is 2. The topological polar surface area (TPSA) is 172 Å². The molecule has 0 bridgehead atoms. The number of rotatable bonds is 41. The lowest BCUT2D eigenvalue weighted by atomic mass is 10.1. The molecule has 0 saturated carbocycles. The van der Waals surface area contributed by atoms with Crippen molar-refractivity contribution in [2.24, 2.45) is 5.73 Å². The minimum absolute atomic E-state index is 0.137. The highest BCUT2D eigenvalue weighted by Crippen LogP contribution is 2.43. The molecular formula is C44H80NO10P. The highest BCUT2D eigenvalue weighted by Gasteiger charge is 2.28. The van der Waals surface area contributed by atoms with Crippen LogP contribution < -0.4 is 5.73 Å². The number of carboxylic acid groups (broad SMARTS) is 1. The third-order valence-electron chi connectivity index (χ3n) is 9.46. The molecule has 326 valence electrons. The molecule has 3 atom stereocenters. The van der Waals surface area contributed by atoms with Gasteiger partial charge in [0.25, 0.3) is 0 Å². The van der Waals surface area contributed by atoms with Crippen molar-refractivity contribution in [3.05, 3.63) is 36.5 Å². The van der Waals surface area contributed by atoms with Gasteiger partial charge in [-0.2, -0.15) is 0 Å². The molecule has 0 rings (SSSR count). The Bertz CT molecular complexity index is 1100. The van der Waals surface area contributed by atoms with Crippen molar-refractivity contribution < 1.29 is 47.5 Å². The van der Waals surface area contributed by atoms with Crippen LogP contribution in [0.5, 0.6) is 0 Å². The number of phosphoric acid groups is 1. The van der Waals surface area contributed by atoms with Gasteiger partial charge in [0.15, 0.2) is 6.10 Å². The average Bonchev–Trinajstić information content (AvgIpc) is 3.17. The van der Waals surface area contributed by atoms with Crippen LogP contribution in [0.3, 0.4) is 0 Å². The fraction of sp³-hybridized carbons (Fsp3) is 0.795. The van der Waals surface area contributed by atoms with Crippen molar-refractivity contribution >= 4 is 25.7 Å². The number of nitrogens with two attached hydrogens (primary N) is 1. The van der Waals surface area contributed by atoms with Gasteiger partial charge in [0.1, 0.15) is 12.6 Å². The Morgan fingerprint density at radius 1 is 0.589 bits per heavy atom. The summed E-state index contributed by atoms with van der Waals surface area (Å²) in [6.07, 6.45) is 42.7. The molecule has 0 fully saturated rings. The van der Waals surface area contributed by atoms with E-state index in [1.807, 2.05) is 6.08 Å². The summed E-state index contributed by atoms with van der Waals surface area (Å²) in [4.78, 5) is 45.8. The summed E-state index contributed by atoms with van der Waals surface area (Å²) in [6.45, 7) is 2.68. The number of allylic oxidation sites excluding steroid dienone is 5. The summed E-state index contributed by atoms with van der Waals surface area (Å²) in [5, 5.41) is 8.88. The summed E-state index contributed by atoms with van der Waals surface area (Å²) >= 11 is 0. The molecule has 0 aliphatic carbocycles. The molecule has 11 nitrogen and oxygen atoms in total. The minimum atomic E-state index is -4.73. The minimum Gasteiger partial charge on any atom is -0.480 e. The van der Waals surface area contributed by atoms with Crippen molar-refractivity contribution in [1.82, 2.24) is 0 Å². The first-order valence-electron chi connectivity index (χ1n) is 22.1. The maximum atomic E-state index is 12.6. The molecule has 0 heterocycles. The molecule has 1 unspecified atom stereocenters. The second-order valence-electron chi connectivity index (χ2n) is 14.9. The second kappa shape index (κ2) is 39.5. The number of aliphatic carboxylic acids is 1. The number of carboxylic acids is 1. The van der Waals surface area contributed by atoms with Gasteiger partial charge in [-0.25, -0.2) is 9.36 Å². The molecular weight excluding hydrogens is 733 g/mol. The second-order valence-corrected chi connectivity index (χ2v) is 16.4. The van der Waals surface area contributed by atoms with Crippen LogP contribution in [-0.2, 0) is 37.5 Å². The van der Waals surface area contributed by atoms with E-state index in [0.29, 0.717) is 6.42 Å². The van der Waals surface area contributed by atoms with Gasteiger partial charge in [0, 0.05) is 12.5 Å². The summed E-state index contributed by atoms with van der Waals surface area (Å²) in [5.41, 5.74) is 5.32. The Labute approximate surface area is 340 Å². The molecule has 0 radical (unpaired) electrons. The van der Waals surface area contributed by atoms with E-state index in [9.17, 15) is 23.8 Å². The third kappa shape index (κ3) is 38.6. The van der Waals surface area contributed by atoms with E-state index in [4.69, 9.17) is 24.8 Å². The van der Waals surface area contributed by atoms with Crippen LogP contribution in [0.25, 0.3) is 0 Å². The summed E-state index contributed by atoms with van der Waals surface area (Å²) in [7, 11) is -4.73. The monoisotopic (exact) mass is 814 g/mol. The number of phosphoric ester groups is 1. The quantitative estimate of drug-likeness (QED) is 0.0134. The lowest BCUT2D eigenvalue weighted by Crippen LogP contribution is -2.34. The van der Waals surface area contributed by atoms with E-state index >= 15 is 0 Å². The molecule has 0 aliphatic rings. The molecule has 0 spiro atoms. The number of carbonyl (C=O) groups is 3. The predicted molar refractivity (Wildman–Crippen MR) is 226 cm³/mol. The van der Waals surface area contributed by atoms with Crippen molar-refractivity contribution in [1.29, 1.82) is 0 Å². The highest BCUT2D eigenvalue weighted by molar-refractivity contribution is 7.47. The molecule has 0 aromatic heterocycles. The van der Waals surface area contributed by atoms with Gasteiger partial charge in [-0.05, 0) is 44.9 Å². The Morgan fingerprint density at radius 3 is 1.50 bits per heavy atom. The number of hydrogen-bond donors (Lipinski definition) is 3. The lowest BCUT2D eigenvalue weighted by Gasteiger charge is -2.20. The molecule has 4 N–H and O–H groups in total. The first kappa shape index (κ1) is 53.7. The van der Waals surface area contributed by atoms with E-state index in [2.05, 4.69) is 30.5 Å². The van der Waals surface area contributed by atoms with Gasteiger partial charge in [0.05, 0.1) is 13.2 Å². The highest BCUT2D eigenvalue weighted by atomic mass is 31.2. The maximum absolute atomic E-state index is 12.6. The van der Waals surface area contributed by atoms with E-state index in [1.54, 1.807) is 12.2 Å². The van der Waals surface area contributed by atoms with Gasteiger partial charge >= 0.3 is 25.7 Å². The zero-order valence-electron chi connectivity index (χ0n) is 35.2. The summed E-state index contributed by atoms with van der Waals surface area (Å²) in [5.74, 6) is -2.64. The summed E-state index contributed by atoms with van der Waals surface area (Å²) in [6, 6.07) is -1.53. The Balaban J connectivity index is 4.45. The largest absolute Gasteiger partial charge is 0.480 e. The lowest BCUT2D eigenvalue weighted by molar-refractivity contribution is -0.159. The molecule has 0 saturated heterocycles. The van der Waals surface area contributed by atoms with Gasteiger partial charge in [-0.15, -0.1) is 0 Å². The number of hydrogen-bond acceptors (Lipinski definition) is 9. The van der Waals surface area contributed by atoms with Gasteiger partial charge in [-0.3, -0.25) is 18.6 Å². The normalized spacial score (nSPS) is 14.1. The van der Waals surface area contributed by atoms with Crippen LogP contribution in [0.15, 0.2) is 36.5 Å². The SMILES string of the molecule is CCCCCCCC/C=C/CCCCCCCCCC(=O)O[C@H](COC(=O)/C=C/C=C/CCCCCCCCCCCCC)COP(=O)(O)OC[C@H](N)C(=O)O. The Hall–Kier alpha value is -2.30. The van der Waals surface area contributed by atoms with Crippen LogP contribution in [0.1, 0.15) is 194 Å².